The number of methoxy groups -OCH3 is 1. The van der Waals surface area contributed by atoms with Crippen LogP contribution in [0.5, 0.6) is 0 Å². The van der Waals surface area contributed by atoms with Crippen LogP contribution in [0.1, 0.15) is 47.5 Å². The van der Waals surface area contributed by atoms with Gasteiger partial charge < -0.3 is 15.8 Å². The highest BCUT2D eigenvalue weighted by Gasteiger charge is 2.23. The monoisotopic (exact) mass is 244 g/mol. The van der Waals surface area contributed by atoms with Crippen LogP contribution in [0, 0.1) is 5.41 Å². The quantitative estimate of drug-likeness (QED) is 0.747. The van der Waals surface area contributed by atoms with E-state index in [9.17, 15) is 4.79 Å². The first-order valence-corrected chi connectivity index (χ1v) is 6.11. The highest BCUT2D eigenvalue weighted by molar-refractivity contribution is 5.77. The lowest BCUT2D eigenvalue weighted by molar-refractivity contribution is -0.123. The second-order valence-electron chi connectivity index (χ2n) is 6.59. The highest BCUT2D eigenvalue weighted by atomic mass is 16.5. The van der Waals surface area contributed by atoms with Gasteiger partial charge in [0, 0.05) is 19.6 Å². The van der Waals surface area contributed by atoms with Gasteiger partial charge in [0.25, 0.3) is 0 Å². The zero-order valence-electron chi connectivity index (χ0n) is 12.1. The molecule has 1 amide bonds. The molecular weight excluding hydrogens is 216 g/mol. The summed E-state index contributed by atoms with van der Waals surface area (Å²) in [5, 5.41) is 2.93. The van der Waals surface area contributed by atoms with Crippen molar-refractivity contribution in [3.63, 3.8) is 0 Å². The number of rotatable bonds is 6. The van der Waals surface area contributed by atoms with Crippen molar-refractivity contribution in [2.45, 2.75) is 59.0 Å². The van der Waals surface area contributed by atoms with E-state index in [1.165, 1.54) is 0 Å². The van der Waals surface area contributed by atoms with Crippen LogP contribution in [0.4, 0.5) is 0 Å². The number of hydrogen-bond acceptors (Lipinski definition) is 3. The molecule has 0 fully saturated rings. The first kappa shape index (κ1) is 16.4. The molecule has 0 heterocycles. The number of carbonyl (C=O) groups excluding carboxylic acids is 1. The number of amides is 1. The van der Waals surface area contributed by atoms with Crippen molar-refractivity contribution in [2.75, 3.05) is 13.7 Å². The van der Waals surface area contributed by atoms with Crippen LogP contribution in [0.15, 0.2) is 0 Å². The molecule has 3 N–H and O–H groups in total. The molecule has 4 nitrogen and oxygen atoms in total. The Hall–Kier alpha value is -0.610. The summed E-state index contributed by atoms with van der Waals surface area (Å²) >= 11 is 0. The summed E-state index contributed by atoms with van der Waals surface area (Å²) in [5.41, 5.74) is 5.78. The molecule has 0 aromatic heterocycles. The van der Waals surface area contributed by atoms with Gasteiger partial charge in [-0.05, 0) is 25.7 Å². The Morgan fingerprint density at radius 1 is 1.29 bits per heavy atom. The van der Waals surface area contributed by atoms with E-state index in [1.54, 1.807) is 7.11 Å². The van der Waals surface area contributed by atoms with Gasteiger partial charge in [0.05, 0.1) is 12.1 Å². The molecule has 0 aliphatic carbocycles. The van der Waals surface area contributed by atoms with Gasteiger partial charge >= 0.3 is 0 Å². The van der Waals surface area contributed by atoms with Crippen molar-refractivity contribution < 1.29 is 9.53 Å². The third-order valence-corrected chi connectivity index (χ3v) is 2.31. The van der Waals surface area contributed by atoms with Gasteiger partial charge in [-0.1, -0.05) is 20.8 Å². The lowest BCUT2D eigenvalue weighted by Crippen LogP contribution is -2.48. The summed E-state index contributed by atoms with van der Waals surface area (Å²) in [6.45, 7) is 10.7. The van der Waals surface area contributed by atoms with Gasteiger partial charge in [0.15, 0.2) is 0 Å². The molecule has 0 radical (unpaired) electrons. The Balaban J connectivity index is 4.10. The van der Waals surface area contributed by atoms with Gasteiger partial charge in [0.1, 0.15) is 0 Å². The van der Waals surface area contributed by atoms with E-state index in [0.717, 1.165) is 6.42 Å². The maximum absolute atomic E-state index is 11.8. The maximum Gasteiger partial charge on any atom is 0.222 e. The SMILES string of the molecule is COCC(C)(C)NC(=O)CC(N)CC(C)(C)C. The normalized spacial score (nSPS) is 14.5. The van der Waals surface area contributed by atoms with Gasteiger partial charge in [-0.2, -0.15) is 0 Å². The predicted molar refractivity (Wildman–Crippen MR) is 70.8 cm³/mol. The van der Waals surface area contributed by atoms with Crippen molar-refractivity contribution in [1.29, 1.82) is 0 Å². The summed E-state index contributed by atoms with van der Waals surface area (Å²) in [6, 6.07) is -0.0895. The average molecular weight is 244 g/mol. The van der Waals surface area contributed by atoms with Gasteiger partial charge in [-0.15, -0.1) is 0 Å². The third kappa shape index (κ3) is 9.12. The zero-order valence-corrected chi connectivity index (χ0v) is 12.1. The first-order valence-electron chi connectivity index (χ1n) is 6.11. The molecule has 1 atom stereocenters. The topological polar surface area (TPSA) is 64.3 Å². The summed E-state index contributed by atoms with van der Waals surface area (Å²) in [4.78, 5) is 11.8. The van der Waals surface area contributed by atoms with Crippen molar-refractivity contribution in [2.24, 2.45) is 11.1 Å². The molecule has 0 aliphatic rings. The Labute approximate surface area is 105 Å². The minimum Gasteiger partial charge on any atom is -0.382 e. The molecule has 1 unspecified atom stereocenters. The molecule has 0 rings (SSSR count). The van der Waals surface area contributed by atoms with Crippen LogP contribution in [0.3, 0.4) is 0 Å². The molecule has 0 saturated carbocycles. The molecule has 0 aliphatic heterocycles. The highest BCUT2D eigenvalue weighted by Crippen LogP contribution is 2.21. The minimum atomic E-state index is -0.340. The molecule has 0 aromatic carbocycles. The van der Waals surface area contributed by atoms with E-state index in [1.807, 2.05) is 13.8 Å². The largest absolute Gasteiger partial charge is 0.382 e. The second-order valence-corrected chi connectivity index (χ2v) is 6.59. The Morgan fingerprint density at radius 2 is 1.82 bits per heavy atom. The van der Waals surface area contributed by atoms with Crippen molar-refractivity contribution in [3.8, 4) is 0 Å². The van der Waals surface area contributed by atoms with Gasteiger partial charge in [-0.3, -0.25) is 4.79 Å². The van der Waals surface area contributed by atoms with E-state index in [2.05, 4.69) is 26.1 Å². The van der Waals surface area contributed by atoms with E-state index in [0.29, 0.717) is 13.0 Å². The number of nitrogens with one attached hydrogen (secondary N) is 1. The fraction of sp³-hybridized carbons (Fsp3) is 0.923. The summed E-state index contributed by atoms with van der Waals surface area (Å²) in [6.07, 6.45) is 1.20. The standard InChI is InChI=1S/C13H28N2O2/c1-12(2,3)8-10(14)7-11(16)15-13(4,5)9-17-6/h10H,7-9,14H2,1-6H3,(H,15,16). The van der Waals surface area contributed by atoms with E-state index < -0.39 is 0 Å². The lowest BCUT2D eigenvalue weighted by Gasteiger charge is -2.27. The van der Waals surface area contributed by atoms with E-state index in [-0.39, 0.29) is 22.9 Å². The molecular formula is C13H28N2O2. The smallest absolute Gasteiger partial charge is 0.222 e. The summed E-state index contributed by atoms with van der Waals surface area (Å²) < 4.78 is 5.05. The number of nitrogens with two attached hydrogens (primary N) is 1. The Morgan fingerprint density at radius 3 is 2.24 bits per heavy atom. The predicted octanol–water partition coefficient (Wildman–Crippen LogP) is 1.68. The van der Waals surface area contributed by atoms with Crippen LogP contribution in [0.2, 0.25) is 0 Å². The molecule has 0 saturated heterocycles. The zero-order chi connectivity index (χ0) is 13.7. The van der Waals surface area contributed by atoms with Crippen LogP contribution in [0.25, 0.3) is 0 Å². The van der Waals surface area contributed by atoms with Crippen LogP contribution in [-0.2, 0) is 9.53 Å². The minimum absolute atomic E-state index is 0.0104. The Kier molecular flexibility index (Phi) is 6.13. The Bertz CT molecular complexity index is 244. The first-order chi connectivity index (χ1) is 7.56. The molecule has 17 heavy (non-hydrogen) atoms. The number of hydrogen-bond donors (Lipinski definition) is 2. The van der Waals surface area contributed by atoms with E-state index >= 15 is 0 Å². The third-order valence-electron chi connectivity index (χ3n) is 2.31. The lowest BCUT2D eigenvalue weighted by atomic mass is 9.87. The van der Waals surface area contributed by atoms with Crippen LogP contribution in [-0.4, -0.2) is 31.2 Å². The fourth-order valence-electron chi connectivity index (χ4n) is 1.92. The summed E-state index contributed by atoms with van der Waals surface area (Å²) in [7, 11) is 1.62. The second kappa shape index (κ2) is 6.36. The number of ether oxygens (including phenoxy) is 1. The van der Waals surface area contributed by atoms with E-state index in [4.69, 9.17) is 10.5 Å². The molecule has 0 spiro atoms. The van der Waals surface area contributed by atoms with Crippen molar-refractivity contribution >= 4 is 5.91 Å². The summed E-state index contributed by atoms with van der Waals surface area (Å²) in [5.74, 6) is -0.0104. The molecule has 102 valence electrons. The van der Waals surface area contributed by atoms with Gasteiger partial charge in [0.2, 0.25) is 5.91 Å². The molecule has 4 heteroatoms. The fourth-order valence-corrected chi connectivity index (χ4v) is 1.92. The van der Waals surface area contributed by atoms with Crippen molar-refractivity contribution in [1.82, 2.24) is 5.32 Å². The number of carbonyl (C=O) groups is 1. The molecule has 0 aromatic rings. The van der Waals surface area contributed by atoms with Crippen LogP contribution < -0.4 is 11.1 Å². The average Bonchev–Trinajstić information content (AvgIpc) is 1.96. The van der Waals surface area contributed by atoms with Crippen LogP contribution >= 0.6 is 0 Å². The molecule has 0 bridgehead atoms. The van der Waals surface area contributed by atoms with Crippen molar-refractivity contribution in [3.05, 3.63) is 0 Å². The van der Waals surface area contributed by atoms with Gasteiger partial charge in [-0.25, -0.2) is 0 Å². The maximum atomic E-state index is 11.8.